The summed E-state index contributed by atoms with van der Waals surface area (Å²) in [5, 5.41) is 21.6. The summed E-state index contributed by atoms with van der Waals surface area (Å²) in [7, 11) is 1.24. The Kier molecular flexibility index (Phi) is 35.7. The predicted molar refractivity (Wildman–Crippen MR) is 255 cm³/mol. The van der Waals surface area contributed by atoms with Crippen molar-refractivity contribution < 1.29 is 66.9 Å². The lowest BCUT2D eigenvalue weighted by atomic mass is 10.1. The normalized spacial score (nSPS) is 13.0. The molecule has 0 bridgehead atoms. The molecule has 0 saturated heterocycles. The van der Waals surface area contributed by atoms with Gasteiger partial charge in [0.1, 0.15) is 0 Å². The Morgan fingerprint density at radius 3 is 1.33 bits per heavy atom. The highest BCUT2D eigenvalue weighted by atomic mass is 17.2. The second kappa shape index (κ2) is 39.1. The molecule has 0 fully saturated rings. The Morgan fingerprint density at radius 1 is 0.493 bits per heavy atom. The zero-order chi connectivity index (χ0) is 49.4. The van der Waals surface area contributed by atoms with Crippen LogP contribution < -0.4 is 28.6 Å². The van der Waals surface area contributed by atoms with Crippen LogP contribution in [-0.2, 0) is 33.4 Å². The van der Waals surface area contributed by atoms with Gasteiger partial charge in [0, 0.05) is 12.0 Å². The van der Waals surface area contributed by atoms with Crippen LogP contribution in [0.2, 0.25) is 0 Å². The minimum Gasteiger partial charge on any atom is -0.486 e. The Morgan fingerprint density at radius 2 is 0.896 bits per heavy atom. The van der Waals surface area contributed by atoms with Crippen molar-refractivity contribution in [3.63, 3.8) is 0 Å². The molecule has 0 amide bonds. The maximum absolute atomic E-state index is 12.6. The van der Waals surface area contributed by atoms with Gasteiger partial charge in [-0.1, -0.05) is 157 Å². The number of unbranched alkanes of at least 4 members (excludes halogenated alkanes) is 18. The van der Waals surface area contributed by atoms with Gasteiger partial charge in [-0.05, 0) is 45.4 Å². The molecule has 0 aromatic heterocycles. The van der Waals surface area contributed by atoms with Crippen LogP contribution in [0.4, 0.5) is 0 Å². The van der Waals surface area contributed by atoms with E-state index in [2.05, 4.69) is 27.7 Å². The van der Waals surface area contributed by atoms with E-state index in [4.69, 9.17) is 57.1 Å². The first-order valence-corrected chi connectivity index (χ1v) is 25.6. The second-order valence-electron chi connectivity index (χ2n) is 16.5. The highest BCUT2D eigenvalue weighted by molar-refractivity contribution is 5.85. The first-order valence-electron chi connectivity index (χ1n) is 25.6. The fourth-order valence-corrected chi connectivity index (χ4v) is 6.95. The largest absolute Gasteiger partial charge is 0.486 e. The molecule has 0 spiro atoms. The van der Waals surface area contributed by atoms with E-state index in [0.717, 1.165) is 89.9 Å². The van der Waals surface area contributed by atoms with Gasteiger partial charge in [0.25, 0.3) is 5.75 Å². The van der Waals surface area contributed by atoms with Gasteiger partial charge in [0.05, 0.1) is 46.2 Å². The molecule has 0 aliphatic rings. The lowest BCUT2D eigenvalue weighted by Crippen LogP contribution is -2.66. The number of methoxy groups -OCH3 is 1. The van der Waals surface area contributed by atoms with Gasteiger partial charge in [-0.2, -0.15) is 5.26 Å². The summed E-state index contributed by atoms with van der Waals surface area (Å²) in [5.74, 6) is -7.24. The van der Waals surface area contributed by atoms with E-state index in [1.165, 1.54) is 32.4 Å². The van der Waals surface area contributed by atoms with Crippen LogP contribution in [0.1, 0.15) is 203 Å². The molecule has 0 N–H and O–H groups in total. The zero-order valence-corrected chi connectivity index (χ0v) is 42.6. The lowest BCUT2D eigenvalue weighted by Gasteiger charge is -2.44. The van der Waals surface area contributed by atoms with Crippen molar-refractivity contribution in [2.24, 2.45) is 0 Å². The fourth-order valence-electron chi connectivity index (χ4n) is 6.95. The van der Waals surface area contributed by atoms with E-state index in [0.29, 0.717) is 44.9 Å². The maximum atomic E-state index is 12.6. The zero-order valence-electron chi connectivity index (χ0n) is 42.6. The SMILES string of the molecule is CCCCCCCCCCOc1c(OCCCCCCCC)c(OCCCCCC)c(OCCCCC)c(OOC(=O)C#N)c1OC(OC)(OCC)C(OCCC)(OCCCC)OC[N+](=O)[O-]. The first-order chi connectivity index (χ1) is 32.6. The fraction of sp³-hybridized carbons (Fsp3) is 0.840. The molecule has 17 nitrogen and oxygen atoms in total. The van der Waals surface area contributed by atoms with E-state index < -0.39 is 35.3 Å². The highest BCUT2D eigenvalue weighted by Gasteiger charge is 2.64. The van der Waals surface area contributed by atoms with Gasteiger partial charge in [0.2, 0.25) is 28.7 Å². The van der Waals surface area contributed by atoms with Crippen LogP contribution in [0.15, 0.2) is 0 Å². The standard InChI is InChI=1S/C50H88N2O15/c1-9-16-21-24-26-27-29-33-38-59-45-43(57-37-32-28-25-22-17-10-2)44(58-36-31-23-18-11-3)46(60-35-30-19-12-4)48(67-66-42(53)40-51)47(45)65-49(56-8,61-15-7)50(62-34-14-6,63-39-20-13-5)64-41-52(54)55/h9-39,41H2,1-8H3. The van der Waals surface area contributed by atoms with Gasteiger partial charge in [-0.25, -0.2) is 9.68 Å². The summed E-state index contributed by atoms with van der Waals surface area (Å²) in [5.41, 5.74) is 0. The van der Waals surface area contributed by atoms with Crippen molar-refractivity contribution in [1.29, 1.82) is 5.26 Å². The van der Waals surface area contributed by atoms with Gasteiger partial charge in [-0.3, -0.25) is 19.7 Å². The summed E-state index contributed by atoms with van der Waals surface area (Å²) < 4.78 is 64.4. The summed E-state index contributed by atoms with van der Waals surface area (Å²) >= 11 is 0. The lowest BCUT2D eigenvalue weighted by molar-refractivity contribution is -0.607. The maximum Gasteiger partial charge on any atom is 0.455 e. The third-order valence-corrected chi connectivity index (χ3v) is 10.6. The number of hydrogen-bond donors (Lipinski definition) is 0. The number of carbonyl (C=O) groups excluding carboxylic acids is 1. The molecule has 1 aromatic carbocycles. The molecule has 1 aromatic rings. The number of hydrogen-bond acceptors (Lipinski definition) is 16. The average Bonchev–Trinajstić information content (AvgIpc) is 3.33. The van der Waals surface area contributed by atoms with Crippen LogP contribution in [0.25, 0.3) is 0 Å². The van der Waals surface area contributed by atoms with Crippen molar-refractivity contribution >= 4 is 5.97 Å². The predicted octanol–water partition coefficient (Wildman–Crippen LogP) is 12.7. The van der Waals surface area contributed by atoms with Crippen molar-refractivity contribution in [1.82, 2.24) is 0 Å². The second-order valence-corrected chi connectivity index (χ2v) is 16.5. The number of rotatable bonds is 47. The summed E-state index contributed by atoms with van der Waals surface area (Å²) in [6.07, 6.45) is 21.9. The van der Waals surface area contributed by atoms with E-state index in [1.807, 2.05) is 13.8 Å². The Bertz CT molecular complexity index is 1480. The molecule has 2 atom stereocenters. The topological polar surface area (TPSA) is 195 Å². The summed E-state index contributed by atoms with van der Waals surface area (Å²) in [6.45, 7) is 13.5. The molecule has 2 unspecified atom stereocenters. The molecular weight excluding hydrogens is 869 g/mol. The van der Waals surface area contributed by atoms with Crippen molar-refractivity contribution in [2.45, 2.75) is 215 Å². The molecule has 0 saturated carbocycles. The summed E-state index contributed by atoms with van der Waals surface area (Å²) in [4.78, 5) is 34.8. The van der Waals surface area contributed by atoms with Crippen molar-refractivity contribution in [3.05, 3.63) is 10.1 Å². The van der Waals surface area contributed by atoms with Gasteiger partial charge >= 0.3 is 24.6 Å². The van der Waals surface area contributed by atoms with E-state index in [9.17, 15) is 20.2 Å². The molecule has 0 radical (unpaired) electrons. The van der Waals surface area contributed by atoms with Crippen molar-refractivity contribution in [3.8, 4) is 40.6 Å². The number of benzene rings is 1. The van der Waals surface area contributed by atoms with Crippen LogP contribution in [0.3, 0.4) is 0 Å². The third kappa shape index (κ3) is 23.4. The Balaban J connectivity index is 4.50. The van der Waals surface area contributed by atoms with E-state index >= 15 is 0 Å². The molecule has 0 heterocycles. The minimum atomic E-state index is -2.63. The van der Waals surface area contributed by atoms with Crippen LogP contribution in [0.5, 0.6) is 34.5 Å². The Hall–Kier alpha value is -3.82. The molecule has 67 heavy (non-hydrogen) atoms. The van der Waals surface area contributed by atoms with Crippen LogP contribution >= 0.6 is 0 Å². The van der Waals surface area contributed by atoms with Crippen LogP contribution in [-0.4, -0.2) is 82.9 Å². The first kappa shape index (κ1) is 61.2. The molecular formula is C50H88N2O15. The number of nitriles is 1. The molecule has 1 rings (SSSR count). The summed E-state index contributed by atoms with van der Waals surface area (Å²) in [6, 6.07) is 1.41. The van der Waals surface area contributed by atoms with Gasteiger partial charge in [0.15, 0.2) is 6.07 Å². The Labute approximate surface area is 402 Å². The number of nitrogens with zero attached hydrogens (tertiary/aromatic N) is 2. The molecule has 0 aliphatic carbocycles. The van der Waals surface area contributed by atoms with Gasteiger partial charge in [-0.15, -0.1) is 0 Å². The number of nitro groups is 1. The smallest absolute Gasteiger partial charge is 0.455 e. The average molecular weight is 957 g/mol. The monoisotopic (exact) mass is 957 g/mol. The number of carbonyl (C=O) groups is 1. The minimum absolute atomic E-state index is 0.0202. The molecule has 388 valence electrons. The highest BCUT2D eigenvalue weighted by Crippen LogP contribution is 2.60. The van der Waals surface area contributed by atoms with E-state index in [-0.39, 0.29) is 75.0 Å². The molecule has 17 heteroatoms. The van der Waals surface area contributed by atoms with Gasteiger partial charge < -0.3 is 42.6 Å². The number of ether oxygens (including phenoxy) is 10. The molecule has 0 aliphatic heterocycles. The van der Waals surface area contributed by atoms with Crippen molar-refractivity contribution in [2.75, 3.05) is 60.1 Å². The third-order valence-electron chi connectivity index (χ3n) is 10.6. The van der Waals surface area contributed by atoms with Crippen LogP contribution in [0, 0.1) is 21.4 Å². The quantitative estimate of drug-likeness (QED) is 0.0149. The van der Waals surface area contributed by atoms with E-state index in [1.54, 1.807) is 6.92 Å².